The van der Waals surface area contributed by atoms with Gasteiger partial charge in [0.25, 0.3) is 10.0 Å². The van der Waals surface area contributed by atoms with Gasteiger partial charge in [0.2, 0.25) is 0 Å². The van der Waals surface area contributed by atoms with Gasteiger partial charge in [-0.1, -0.05) is 61.9 Å². The first kappa shape index (κ1) is 22.3. The van der Waals surface area contributed by atoms with Crippen molar-refractivity contribution in [2.45, 2.75) is 50.7 Å². The molecule has 1 N–H and O–H groups in total. The summed E-state index contributed by atoms with van der Waals surface area (Å²) in [7, 11) is -3.77. The maximum Gasteiger partial charge on any atom is 0.267 e. The monoisotopic (exact) mass is 452 g/mol. The molecule has 1 aromatic heterocycles. The van der Waals surface area contributed by atoms with Gasteiger partial charge in [-0.25, -0.2) is 17.1 Å². The number of aliphatic hydroxyl groups excluding tert-OH is 1. The van der Waals surface area contributed by atoms with Crippen LogP contribution in [0.1, 0.15) is 43.2 Å². The van der Waals surface area contributed by atoms with Gasteiger partial charge < -0.3 is 10.3 Å². The van der Waals surface area contributed by atoms with Gasteiger partial charge in [0.15, 0.2) is 17.9 Å². The molecule has 0 aliphatic carbocycles. The van der Waals surface area contributed by atoms with Crippen molar-refractivity contribution < 1.29 is 18.3 Å². The first-order chi connectivity index (χ1) is 15.1. The van der Waals surface area contributed by atoms with E-state index in [-0.39, 0.29) is 11.3 Å². The molecule has 4 rings (SSSR count). The Morgan fingerprint density at radius 1 is 1.09 bits per heavy atom. The molecule has 0 bridgehead atoms. The number of aliphatic hydroxyl groups is 1. The van der Waals surface area contributed by atoms with Crippen molar-refractivity contribution in [1.82, 2.24) is 3.97 Å². The average Bonchev–Trinajstić information content (AvgIpc) is 3.33. The summed E-state index contributed by atoms with van der Waals surface area (Å²) >= 11 is 0. The fourth-order valence-corrected chi connectivity index (χ4v) is 5.78. The first-order valence-corrected chi connectivity index (χ1v) is 12.1. The Bertz CT molecular complexity index is 1240. The van der Waals surface area contributed by atoms with E-state index in [1.165, 1.54) is 10.2 Å². The highest BCUT2D eigenvalue weighted by Gasteiger charge is 2.48. The van der Waals surface area contributed by atoms with Crippen LogP contribution >= 0.6 is 0 Å². The zero-order valence-corrected chi connectivity index (χ0v) is 19.3. The zero-order chi connectivity index (χ0) is 23.1. The predicted molar refractivity (Wildman–Crippen MR) is 124 cm³/mol. The average molecular weight is 453 g/mol. The van der Waals surface area contributed by atoms with Crippen LogP contribution in [0.25, 0.3) is 0 Å². The van der Waals surface area contributed by atoms with Gasteiger partial charge in [-0.2, -0.15) is 0 Å². The molecule has 2 unspecified atom stereocenters. The second-order valence-corrected chi connectivity index (χ2v) is 10.9. The van der Waals surface area contributed by atoms with Gasteiger partial charge in [-0.05, 0) is 36.8 Å². The van der Waals surface area contributed by atoms with E-state index in [1.807, 2.05) is 39.0 Å². The van der Waals surface area contributed by atoms with Crippen molar-refractivity contribution >= 4 is 15.7 Å². The largest absolute Gasteiger partial charge is 0.624 e. The Morgan fingerprint density at radius 2 is 1.75 bits per heavy atom. The molecule has 0 saturated heterocycles. The molecule has 2 atom stereocenters. The summed E-state index contributed by atoms with van der Waals surface area (Å²) in [6.45, 7) is 5.87. The molecule has 2 aromatic carbocycles. The maximum atomic E-state index is 13.3. The van der Waals surface area contributed by atoms with E-state index in [0.717, 1.165) is 10.3 Å². The third-order valence-electron chi connectivity index (χ3n) is 6.31. The summed E-state index contributed by atoms with van der Waals surface area (Å²) in [5.74, 6) is 0. The lowest BCUT2D eigenvalue weighted by molar-refractivity contribution is -0.508. The fourth-order valence-electron chi connectivity index (χ4n) is 4.40. The van der Waals surface area contributed by atoms with Crippen LogP contribution in [0.4, 0.5) is 0 Å². The van der Waals surface area contributed by atoms with Gasteiger partial charge in [0.1, 0.15) is 0 Å². The molecule has 0 spiro atoms. The number of aromatic nitrogens is 1. The maximum absolute atomic E-state index is 13.3. The zero-order valence-electron chi connectivity index (χ0n) is 18.5. The van der Waals surface area contributed by atoms with Gasteiger partial charge in [-0.15, -0.1) is 0 Å². The summed E-state index contributed by atoms with van der Waals surface area (Å²) in [6.07, 6.45) is 1.22. The van der Waals surface area contributed by atoms with Crippen molar-refractivity contribution in [3.05, 3.63) is 95.0 Å². The molecular formula is C25H28N2O4S. The fraction of sp³-hybridized carbons (Fsp3) is 0.320. The lowest BCUT2D eigenvalue weighted by Gasteiger charge is -2.25. The summed E-state index contributed by atoms with van der Waals surface area (Å²) in [5.41, 5.74) is 2.16. The van der Waals surface area contributed by atoms with E-state index in [1.54, 1.807) is 48.5 Å². The highest BCUT2D eigenvalue weighted by molar-refractivity contribution is 7.90. The van der Waals surface area contributed by atoms with Crippen LogP contribution in [0.5, 0.6) is 0 Å². The molecule has 1 aliphatic heterocycles. The molecule has 0 fully saturated rings. The Kier molecular flexibility index (Phi) is 5.73. The van der Waals surface area contributed by atoms with Crippen LogP contribution in [0.3, 0.4) is 0 Å². The highest BCUT2D eigenvalue weighted by Crippen LogP contribution is 2.39. The van der Waals surface area contributed by atoms with Crippen LogP contribution in [-0.4, -0.2) is 34.0 Å². The number of nitrogens with zero attached hydrogens (tertiary/aromatic N) is 2. The third kappa shape index (κ3) is 3.98. The molecule has 3 aromatic rings. The van der Waals surface area contributed by atoms with Crippen molar-refractivity contribution in [2.75, 3.05) is 0 Å². The van der Waals surface area contributed by atoms with Crippen molar-refractivity contribution in [1.29, 1.82) is 0 Å². The van der Waals surface area contributed by atoms with Crippen LogP contribution in [0, 0.1) is 17.5 Å². The van der Waals surface area contributed by atoms with Crippen LogP contribution in [0.2, 0.25) is 0 Å². The van der Waals surface area contributed by atoms with Crippen LogP contribution < -0.4 is 0 Å². The minimum Gasteiger partial charge on any atom is -0.624 e. The number of aryl methyl sites for hydroxylation is 1. The molecule has 1 aliphatic rings. The molecule has 0 radical (unpaired) electrons. The van der Waals surface area contributed by atoms with Crippen molar-refractivity contribution in [3.63, 3.8) is 0 Å². The summed E-state index contributed by atoms with van der Waals surface area (Å²) < 4.78 is 28.6. The van der Waals surface area contributed by atoms with Gasteiger partial charge >= 0.3 is 0 Å². The normalized spacial score (nSPS) is 19.3. The standard InChI is InChI=1S/C25H28N2O4S/c1-18-11-13-21(14-12-18)32(30,31)26-15-7-10-20(26)16-23-25(2,3)17-22(27(23)29)24(28)19-8-5-4-6-9-19/h4-15,23-24,28H,16-17H2,1-3H3. The van der Waals surface area contributed by atoms with Crippen molar-refractivity contribution in [2.24, 2.45) is 5.41 Å². The smallest absolute Gasteiger partial charge is 0.267 e. The van der Waals surface area contributed by atoms with E-state index >= 15 is 0 Å². The minimum absolute atomic E-state index is 0.206. The van der Waals surface area contributed by atoms with E-state index in [9.17, 15) is 18.7 Å². The Balaban J connectivity index is 1.67. The Hall–Kier alpha value is -2.90. The summed E-state index contributed by atoms with van der Waals surface area (Å²) in [5, 5.41) is 24.1. The van der Waals surface area contributed by atoms with Gasteiger partial charge in [0, 0.05) is 23.7 Å². The molecule has 2 heterocycles. The van der Waals surface area contributed by atoms with Crippen molar-refractivity contribution in [3.8, 4) is 0 Å². The number of hydrogen-bond acceptors (Lipinski definition) is 4. The SMILES string of the molecule is Cc1ccc(S(=O)(=O)n2cccc2CC2[N+]([O-])=C(C(O)c3ccccc3)CC2(C)C)cc1. The number of benzene rings is 2. The molecule has 32 heavy (non-hydrogen) atoms. The second kappa shape index (κ2) is 8.22. The van der Waals surface area contributed by atoms with E-state index in [2.05, 4.69) is 0 Å². The summed E-state index contributed by atoms with van der Waals surface area (Å²) in [4.78, 5) is 0.206. The highest BCUT2D eigenvalue weighted by atomic mass is 32.2. The molecule has 0 amide bonds. The van der Waals surface area contributed by atoms with Crippen LogP contribution in [-0.2, 0) is 16.4 Å². The molecular weight excluding hydrogens is 424 g/mol. The minimum atomic E-state index is -3.77. The second-order valence-electron chi connectivity index (χ2n) is 9.13. The summed E-state index contributed by atoms with van der Waals surface area (Å²) in [6, 6.07) is 18.7. The number of rotatable bonds is 6. The number of hydroxylamine groups is 1. The van der Waals surface area contributed by atoms with E-state index < -0.39 is 27.6 Å². The molecule has 6 nitrogen and oxygen atoms in total. The Labute approximate surface area is 189 Å². The molecule has 0 saturated carbocycles. The lowest BCUT2D eigenvalue weighted by atomic mass is 9.80. The van der Waals surface area contributed by atoms with E-state index in [4.69, 9.17) is 0 Å². The topological polar surface area (TPSA) is 85.4 Å². The molecule has 168 valence electrons. The Morgan fingerprint density at radius 3 is 2.41 bits per heavy atom. The third-order valence-corrected chi connectivity index (χ3v) is 8.05. The van der Waals surface area contributed by atoms with Gasteiger partial charge in [0.05, 0.1) is 11.3 Å². The molecule has 7 heteroatoms. The van der Waals surface area contributed by atoms with Crippen LogP contribution in [0.15, 0.2) is 77.8 Å². The van der Waals surface area contributed by atoms with E-state index in [0.29, 0.717) is 23.4 Å². The quantitative estimate of drug-likeness (QED) is 0.451. The first-order valence-electron chi connectivity index (χ1n) is 10.6. The number of hydrogen-bond donors (Lipinski definition) is 1. The van der Waals surface area contributed by atoms with Gasteiger partial charge in [-0.3, -0.25) is 0 Å². The lowest BCUT2D eigenvalue weighted by Crippen LogP contribution is -2.34. The predicted octanol–water partition coefficient (Wildman–Crippen LogP) is 4.06.